The van der Waals surface area contributed by atoms with Crippen LogP contribution in [0.25, 0.3) is 16.6 Å². The van der Waals surface area contributed by atoms with Gasteiger partial charge in [-0.05, 0) is 55.0 Å². The Morgan fingerprint density at radius 3 is 2.63 bits per heavy atom. The molecule has 1 heterocycles. The fourth-order valence-electron chi connectivity index (χ4n) is 3.39. The number of nitrogens with one attached hydrogen (secondary N) is 1. The summed E-state index contributed by atoms with van der Waals surface area (Å²) in [6, 6.07) is 21.8. The molecule has 4 rings (SSSR count). The molecule has 0 bridgehead atoms. The van der Waals surface area contributed by atoms with Gasteiger partial charge in [0.15, 0.2) is 16.7 Å². The lowest BCUT2D eigenvalue weighted by molar-refractivity contribution is -0.118. The van der Waals surface area contributed by atoms with Gasteiger partial charge in [-0.1, -0.05) is 42.1 Å². The highest BCUT2D eigenvalue weighted by atomic mass is 32.2. The first-order valence-electron chi connectivity index (χ1n) is 10.9. The van der Waals surface area contributed by atoms with Crippen LogP contribution in [0.15, 0.2) is 87.8 Å². The van der Waals surface area contributed by atoms with Crippen LogP contribution in [0.2, 0.25) is 0 Å². The third kappa shape index (κ3) is 5.70. The van der Waals surface area contributed by atoms with Crippen LogP contribution < -0.4 is 20.5 Å². The lowest BCUT2D eigenvalue weighted by Gasteiger charge is -2.12. The molecule has 0 spiro atoms. The van der Waals surface area contributed by atoms with E-state index < -0.39 is 0 Å². The van der Waals surface area contributed by atoms with E-state index in [0.29, 0.717) is 39.9 Å². The van der Waals surface area contributed by atoms with Gasteiger partial charge in [0.1, 0.15) is 0 Å². The largest absolute Gasteiger partial charge is 0.493 e. The fourth-order valence-corrected chi connectivity index (χ4v) is 4.20. The molecular weight excluding hydrogens is 464 g/mol. The van der Waals surface area contributed by atoms with Crippen LogP contribution in [0.3, 0.4) is 0 Å². The van der Waals surface area contributed by atoms with Crippen LogP contribution in [0.1, 0.15) is 12.5 Å². The summed E-state index contributed by atoms with van der Waals surface area (Å²) in [7, 11) is 1.56. The van der Waals surface area contributed by atoms with Gasteiger partial charge in [-0.25, -0.2) is 10.4 Å². The van der Waals surface area contributed by atoms with Crippen molar-refractivity contribution in [2.24, 2.45) is 5.10 Å². The molecule has 9 heteroatoms. The van der Waals surface area contributed by atoms with Crippen LogP contribution in [0, 0.1) is 0 Å². The van der Waals surface area contributed by atoms with Gasteiger partial charge in [-0.15, -0.1) is 0 Å². The molecule has 4 aromatic rings. The normalized spacial score (nSPS) is 11.0. The molecule has 0 saturated carbocycles. The quantitative estimate of drug-likeness (QED) is 0.165. The Balaban J connectivity index is 1.49. The van der Waals surface area contributed by atoms with E-state index >= 15 is 0 Å². The first-order chi connectivity index (χ1) is 17.1. The highest BCUT2D eigenvalue weighted by Gasteiger charge is 2.14. The number of nitrogens with zero attached hydrogens (tertiary/aromatic N) is 3. The van der Waals surface area contributed by atoms with Crippen LogP contribution in [-0.4, -0.2) is 41.1 Å². The molecule has 0 radical (unpaired) electrons. The van der Waals surface area contributed by atoms with Gasteiger partial charge in [0.05, 0.1) is 42.3 Å². The maximum absolute atomic E-state index is 13.2. The number of hydrazone groups is 1. The van der Waals surface area contributed by atoms with Crippen molar-refractivity contribution >= 4 is 34.8 Å². The number of hydrogen-bond donors (Lipinski definition) is 1. The van der Waals surface area contributed by atoms with Crippen molar-refractivity contribution < 1.29 is 14.3 Å². The van der Waals surface area contributed by atoms with Crippen molar-refractivity contribution in [2.45, 2.75) is 12.1 Å². The molecule has 0 atom stereocenters. The first kappa shape index (κ1) is 24.0. The predicted molar refractivity (Wildman–Crippen MR) is 138 cm³/mol. The van der Waals surface area contributed by atoms with E-state index in [4.69, 9.17) is 9.47 Å². The Morgan fingerprint density at radius 1 is 1.09 bits per heavy atom. The number of methoxy groups -OCH3 is 1. The summed E-state index contributed by atoms with van der Waals surface area (Å²) < 4.78 is 12.4. The molecule has 1 amide bonds. The average molecular weight is 489 g/mol. The summed E-state index contributed by atoms with van der Waals surface area (Å²) in [5.41, 5.74) is 4.33. The summed E-state index contributed by atoms with van der Waals surface area (Å²) in [6.45, 7) is 2.43. The lowest BCUT2D eigenvalue weighted by atomic mass is 10.2. The number of hydrogen-bond acceptors (Lipinski definition) is 7. The van der Waals surface area contributed by atoms with Crippen molar-refractivity contribution in [3.05, 3.63) is 88.7 Å². The summed E-state index contributed by atoms with van der Waals surface area (Å²) in [5.74, 6) is 0.923. The van der Waals surface area contributed by atoms with Gasteiger partial charge in [0.25, 0.3) is 11.5 Å². The monoisotopic (exact) mass is 488 g/mol. The van der Waals surface area contributed by atoms with Gasteiger partial charge in [0, 0.05) is 0 Å². The second kappa shape index (κ2) is 11.3. The van der Waals surface area contributed by atoms with Crippen molar-refractivity contribution in [3.8, 4) is 17.2 Å². The summed E-state index contributed by atoms with van der Waals surface area (Å²) in [6.07, 6.45) is 1.52. The van der Waals surface area contributed by atoms with E-state index in [1.54, 1.807) is 37.4 Å². The minimum Gasteiger partial charge on any atom is -0.493 e. The van der Waals surface area contributed by atoms with Gasteiger partial charge < -0.3 is 9.47 Å². The Hall–Kier alpha value is -4.11. The average Bonchev–Trinajstić information content (AvgIpc) is 2.89. The molecule has 1 aromatic heterocycles. The Bertz CT molecular complexity index is 1420. The van der Waals surface area contributed by atoms with Gasteiger partial charge in [0.2, 0.25) is 0 Å². The number of ether oxygens (including phenoxy) is 2. The molecule has 0 unspecified atom stereocenters. The third-order valence-corrected chi connectivity index (χ3v) is 5.92. The van der Waals surface area contributed by atoms with E-state index in [2.05, 4.69) is 15.5 Å². The zero-order valence-electron chi connectivity index (χ0n) is 19.3. The van der Waals surface area contributed by atoms with E-state index in [9.17, 15) is 9.59 Å². The molecule has 0 aliphatic rings. The zero-order chi connectivity index (χ0) is 24.6. The number of thioether (sulfide) groups is 1. The summed E-state index contributed by atoms with van der Waals surface area (Å²) in [4.78, 5) is 30.3. The predicted octanol–water partition coefficient (Wildman–Crippen LogP) is 4.04. The van der Waals surface area contributed by atoms with Crippen LogP contribution in [-0.2, 0) is 4.79 Å². The summed E-state index contributed by atoms with van der Waals surface area (Å²) >= 11 is 1.17. The van der Waals surface area contributed by atoms with Crippen LogP contribution >= 0.6 is 11.8 Å². The molecule has 8 nitrogen and oxygen atoms in total. The van der Waals surface area contributed by atoms with E-state index in [0.717, 1.165) is 5.56 Å². The molecule has 3 aromatic carbocycles. The minimum atomic E-state index is -0.328. The number of rotatable bonds is 9. The second-order valence-electron chi connectivity index (χ2n) is 7.31. The first-order valence-corrected chi connectivity index (χ1v) is 11.9. The standard InChI is InChI=1S/C26H24N4O4S/c1-3-34-22-14-13-18(15-23(22)33-2)16-27-29-24(31)17-35-26-28-21-12-8-7-11-20(21)25(32)30(26)19-9-5-4-6-10-19/h4-16H,3,17H2,1-2H3,(H,29,31)/b27-16-. The van der Waals surface area contributed by atoms with E-state index in [1.807, 2.05) is 49.4 Å². The number of amides is 1. The van der Waals surface area contributed by atoms with Crippen molar-refractivity contribution in [1.29, 1.82) is 0 Å². The number of carbonyl (C=O) groups excluding carboxylic acids is 1. The fraction of sp³-hybridized carbons (Fsp3) is 0.154. The topological polar surface area (TPSA) is 94.8 Å². The van der Waals surface area contributed by atoms with Gasteiger partial charge >= 0.3 is 0 Å². The number of para-hydroxylation sites is 2. The van der Waals surface area contributed by atoms with Gasteiger partial charge in [-0.3, -0.25) is 14.2 Å². The number of benzene rings is 3. The van der Waals surface area contributed by atoms with Crippen LogP contribution in [0.5, 0.6) is 11.5 Å². The second-order valence-corrected chi connectivity index (χ2v) is 8.26. The molecular formula is C26H24N4O4S. The number of carbonyl (C=O) groups is 1. The smallest absolute Gasteiger partial charge is 0.266 e. The number of fused-ring (bicyclic) bond motifs is 1. The molecule has 178 valence electrons. The zero-order valence-corrected chi connectivity index (χ0v) is 20.1. The Morgan fingerprint density at radius 2 is 1.86 bits per heavy atom. The van der Waals surface area contributed by atoms with Gasteiger partial charge in [-0.2, -0.15) is 5.10 Å². The van der Waals surface area contributed by atoms with Crippen molar-refractivity contribution in [2.75, 3.05) is 19.5 Å². The maximum Gasteiger partial charge on any atom is 0.266 e. The van der Waals surface area contributed by atoms with E-state index in [-0.39, 0.29) is 17.2 Å². The lowest BCUT2D eigenvalue weighted by Crippen LogP contribution is -2.24. The van der Waals surface area contributed by atoms with Crippen molar-refractivity contribution in [1.82, 2.24) is 15.0 Å². The Labute approximate surface area is 206 Å². The van der Waals surface area contributed by atoms with Crippen LogP contribution in [0.4, 0.5) is 0 Å². The molecule has 0 fully saturated rings. The minimum absolute atomic E-state index is 0.0293. The molecule has 0 aliphatic heterocycles. The highest BCUT2D eigenvalue weighted by molar-refractivity contribution is 7.99. The maximum atomic E-state index is 13.2. The molecule has 0 aliphatic carbocycles. The third-order valence-electron chi connectivity index (χ3n) is 4.98. The van der Waals surface area contributed by atoms with E-state index in [1.165, 1.54) is 22.5 Å². The molecule has 35 heavy (non-hydrogen) atoms. The molecule has 1 N–H and O–H groups in total. The highest BCUT2D eigenvalue weighted by Crippen LogP contribution is 2.27. The summed E-state index contributed by atoms with van der Waals surface area (Å²) in [5, 5.41) is 4.97. The molecule has 0 saturated heterocycles. The Kier molecular flexibility index (Phi) is 7.79. The SMILES string of the molecule is CCOc1ccc(/C=N\NC(=O)CSc2nc3ccccc3c(=O)n2-c2ccccc2)cc1OC. The number of aromatic nitrogens is 2. The van der Waals surface area contributed by atoms with Crippen molar-refractivity contribution in [3.63, 3.8) is 0 Å².